The molecular weight excluding hydrogens is 246 g/mol. The van der Waals surface area contributed by atoms with Gasteiger partial charge in [-0.1, -0.05) is 0 Å². The van der Waals surface area contributed by atoms with Crippen molar-refractivity contribution >= 4 is 20.0 Å². The molecule has 0 radical (unpaired) electrons. The van der Waals surface area contributed by atoms with Crippen molar-refractivity contribution in [2.45, 2.75) is 45.2 Å². The van der Waals surface area contributed by atoms with Crippen LogP contribution >= 0.6 is 0 Å². The van der Waals surface area contributed by atoms with Gasteiger partial charge >= 0.3 is 0 Å². The first-order chi connectivity index (χ1) is 6.97. The highest BCUT2D eigenvalue weighted by Crippen LogP contribution is 2.43. The molecule has 0 aliphatic carbocycles. The molecule has 0 aromatic carbocycles. The van der Waals surface area contributed by atoms with E-state index in [1.165, 1.54) is 11.3 Å². The first kappa shape index (κ1) is 14.3. The molecule has 1 saturated heterocycles. The fourth-order valence-electron chi connectivity index (χ4n) is 2.36. The molecule has 0 aromatic heterocycles. The Labute approximate surface area is 103 Å². The van der Waals surface area contributed by atoms with Gasteiger partial charge in [-0.25, -0.2) is 4.21 Å². The Balaban J connectivity index is 2.77. The van der Waals surface area contributed by atoms with Gasteiger partial charge in [-0.15, -0.1) is 0 Å². The van der Waals surface area contributed by atoms with Gasteiger partial charge in [0.1, 0.15) is 8.77 Å². The summed E-state index contributed by atoms with van der Waals surface area (Å²) in [7, 11) is -2.58. The van der Waals surface area contributed by atoms with E-state index in [9.17, 15) is 9.42 Å². The Hall–Kier alpha value is 0.250. The van der Waals surface area contributed by atoms with Gasteiger partial charge < -0.3 is 5.21 Å². The molecular formula is C10H21NO3S2. The lowest BCUT2D eigenvalue weighted by atomic mass is 9.88. The molecule has 2 atom stereocenters. The summed E-state index contributed by atoms with van der Waals surface area (Å²) in [5, 5.41) is 11.4. The molecule has 16 heavy (non-hydrogen) atoms. The molecule has 1 aliphatic heterocycles. The van der Waals surface area contributed by atoms with Gasteiger partial charge in [0.15, 0.2) is 0 Å². The number of hydrogen-bond acceptors (Lipinski definition) is 5. The van der Waals surface area contributed by atoms with Crippen molar-refractivity contribution in [2.24, 2.45) is 5.92 Å². The quantitative estimate of drug-likeness (QED) is 0.841. The average Bonchev–Trinajstić information content (AvgIpc) is 2.22. The van der Waals surface area contributed by atoms with Crippen molar-refractivity contribution in [3.63, 3.8) is 0 Å². The molecule has 1 fully saturated rings. The maximum absolute atomic E-state index is 11.3. The van der Waals surface area contributed by atoms with Gasteiger partial charge in [-0.05, 0) is 34.1 Å². The van der Waals surface area contributed by atoms with E-state index in [1.807, 2.05) is 27.7 Å². The van der Waals surface area contributed by atoms with Gasteiger partial charge in [0.2, 0.25) is 0 Å². The molecule has 6 heteroatoms. The standard InChI is InChI=1S/C10H21NO3S2/c1-9(2)6-8(7-14-16(5,13)15)10(3,4)11(9)12/h8,12H,6-7H2,1-5H3. The second kappa shape index (κ2) is 4.17. The Morgan fingerprint density at radius 3 is 2.31 bits per heavy atom. The highest BCUT2D eigenvalue weighted by Gasteiger charge is 2.51. The van der Waals surface area contributed by atoms with Crippen LogP contribution in [0.25, 0.3) is 0 Å². The zero-order valence-corrected chi connectivity index (χ0v) is 12.2. The van der Waals surface area contributed by atoms with Crippen LogP contribution in [0.15, 0.2) is 0 Å². The maximum atomic E-state index is 11.3. The predicted octanol–water partition coefficient (Wildman–Crippen LogP) is 1.56. The van der Waals surface area contributed by atoms with E-state index in [-0.39, 0.29) is 17.0 Å². The van der Waals surface area contributed by atoms with Gasteiger partial charge in [-0.3, -0.25) is 4.18 Å². The second-order valence-corrected chi connectivity index (χ2v) is 9.13. The Kier molecular flexibility index (Phi) is 3.73. The molecule has 1 N–H and O–H groups in total. The van der Waals surface area contributed by atoms with Gasteiger partial charge in [-0.2, -0.15) is 5.06 Å². The van der Waals surface area contributed by atoms with E-state index in [0.29, 0.717) is 6.61 Å². The summed E-state index contributed by atoms with van der Waals surface area (Å²) in [6, 6.07) is 0. The number of hydroxylamine groups is 2. The van der Waals surface area contributed by atoms with Crippen molar-refractivity contribution in [3.8, 4) is 0 Å². The monoisotopic (exact) mass is 267 g/mol. The molecule has 1 heterocycles. The van der Waals surface area contributed by atoms with E-state index in [1.54, 1.807) is 0 Å². The third-order valence-corrected chi connectivity index (χ3v) is 4.20. The number of hydrogen-bond donors (Lipinski definition) is 1. The summed E-state index contributed by atoms with van der Waals surface area (Å²) in [4.78, 5) is 0. The van der Waals surface area contributed by atoms with Crippen molar-refractivity contribution in [1.82, 2.24) is 5.06 Å². The van der Waals surface area contributed by atoms with E-state index in [2.05, 4.69) is 0 Å². The largest absolute Gasteiger partial charge is 0.313 e. The van der Waals surface area contributed by atoms with Gasteiger partial charge in [0.25, 0.3) is 0 Å². The molecule has 0 amide bonds. The van der Waals surface area contributed by atoms with E-state index in [4.69, 9.17) is 15.4 Å². The third-order valence-electron chi connectivity index (χ3n) is 3.35. The van der Waals surface area contributed by atoms with Crippen LogP contribution < -0.4 is 0 Å². The highest BCUT2D eigenvalue weighted by molar-refractivity contribution is 8.29. The van der Waals surface area contributed by atoms with Crippen molar-refractivity contribution in [3.05, 3.63) is 0 Å². The van der Waals surface area contributed by atoms with Crippen LogP contribution in [0.4, 0.5) is 0 Å². The Morgan fingerprint density at radius 2 is 2.00 bits per heavy atom. The predicted molar refractivity (Wildman–Crippen MR) is 67.3 cm³/mol. The Bertz CT molecular complexity index is 362. The SMILES string of the molecule is CC1(C)CC(COS(C)(=O)=S)C(C)(C)N1O. The smallest absolute Gasteiger partial charge is 0.141 e. The van der Waals surface area contributed by atoms with Crippen LogP contribution in [0.3, 0.4) is 0 Å². The summed E-state index contributed by atoms with van der Waals surface area (Å²) in [6.07, 6.45) is 2.20. The fraction of sp³-hybridized carbons (Fsp3) is 1.00. The highest BCUT2D eigenvalue weighted by atomic mass is 32.8. The molecule has 1 aliphatic rings. The minimum absolute atomic E-state index is 0.122. The van der Waals surface area contributed by atoms with E-state index in [0.717, 1.165) is 6.42 Å². The van der Waals surface area contributed by atoms with Crippen LogP contribution in [-0.2, 0) is 24.1 Å². The van der Waals surface area contributed by atoms with Crippen LogP contribution in [0, 0.1) is 5.92 Å². The van der Waals surface area contributed by atoms with Gasteiger partial charge in [0.05, 0.1) is 6.61 Å². The molecule has 0 aromatic rings. The van der Waals surface area contributed by atoms with Crippen molar-refractivity contribution < 1.29 is 13.6 Å². The van der Waals surface area contributed by atoms with Crippen LogP contribution in [0.2, 0.25) is 0 Å². The zero-order valence-electron chi connectivity index (χ0n) is 10.5. The molecule has 4 nitrogen and oxygen atoms in total. The molecule has 0 saturated carbocycles. The molecule has 0 bridgehead atoms. The van der Waals surface area contributed by atoms with Crippen molar-refractivity contribution in [2.75, 3.05) is 12.9 Å². The second-order valence-electron chi connectivity index (χ2n) is 5.67. The lowest BCUT2D eigenvalue weighted by Gasteiger charge is -2.35. The lowest BCUT2D eigenvalue weighted by Crippen LogP contribution is -2.47. The van der Waals surface area contributed by atoms with E-state index >= 15 is 0 Å². The third kappa shape index (κ3) is 2.92. The molecule has 96 valence electrons. The normalized spacial score (nSPS) is 32.5. The van der Waals surface area contributed by atoms with Crippen molar-refractivity contribution in [1.29, 1.82) is 0 Å². The molecule has 0 spiro atoms. The summed E-state index contributed by atoms with van der Waals surface area (Å²) in [5.74, 6) is 0.122. The summed E-state index contributed by atoms with van der Waals surface area (Å²) >= 11 is 4.71. The lowest BCUT2D eigenvalue weighted by molar-refractivity contribution is -0.197. The van der Waals surface area contributed by atoms with Gasteiger partial charge in [0, 0.05) is 34.4 Å². The Morgan fingerprint density at radius 1 is 1.50 bits per heavy atom. The summed E-state index contributed by atoms with van der Waals surface area (Å²) in [5.41, 5.74) is -0.670. The zero-order chi connectivity index (χ0) is 12.8. The summed E-state index contributed by atoms with van der Waals surface area (Å²) in [6.45, 7) is 8.19. The van der Waals surface area contributed by atoms with Crippen LogP contribution in [0.1, 0.15) is 34.1 Å². The minimum atomic E-state index is -2.58. The number of rotatable bonds is 3. The van der Waals surface area contributed by atoms with Crippen LogP contribution in [0.5, 0.6) is 0 Å². The average molecular weight is 267 g/mol. The van der Waals surface area contributed by atoms with E-state index < -0.39 is 8.77 Å². The minimum Gasteiger partial charge on any atom is -0.313 e. The van der Waals surface area contributed by atoms with Crippen LogP contribution in [-0.4, -0.2) is 38.4 Å². The molecule has 1 rings (SSSR count). The number of nitrogens with zero attached hydrogens (tertiary/aromatic N) is 1. The first-order valence-electron chi connectivity index (χ1n) is 5.30. The fourth-order valence-corrected chi connectivity index (χ4v) is 2.94. The summed E-state index contributed by atoms with van der Waals surface area (Å²) < 4.78 is 16.5. The first-order valence-corrected chi connectivity index (χ1v) is 8.12. The topological polar surface area (TPSA) is 49.8 Å². The maximum Gasteiger partial charge on any atom is 0.141 e. The molecule has 2 unspecified atom stereocenters.